The van der Waals surface area contributed by atoms with Crippen molar-refractivity contribution in [1.29, 1.82) is 0 Å². The van der Waals surface area contributed by atoms with Gasteiger partial charge in [0.1, 0.15) is 17.9 Å². The predicted molar refractivity (Wildman–Crippen MR) is 134 cm³/mol. The normalized spacial score (nSPS) is 14.7. The topological polar surface area (TPSA) is 119 Å². The molecule has 0 atom stereocenters. The number of benzene rings is 3. The summed E-state index contributed by atoms with van der Waals surface area (Å²) in [6, 6.07) is 15.1. The van der Waals surface area contributed by atoms with E-state index in [1.165, 1.54) is 24.3 Å². The SMILES string of the molecule is Cc1ccc(N2C(=O)NC(=O)/C(=C\c3ccc(OCc4ccc([N+](=O)[O-])cc4)c(Cl)c3)C2=O)c(C)c1. The third-order valence-corrected chi connectivity index (χ3v) is 5.80. The molecule has 0 aromatic heterocycles. The minimum Gasteiger partial charge on any atom is -0.487 e. The number of amides is 4. The Kier molecular flexibility index (Phi) is 6.84. The first-order valence-corrected chi connectivity index (χ1v) is 11.2. The molecule has 4 rings (SSSR count). The van der Waals surface area contributed by atoms with Gasteiger partial charge < -0.3 is 4.74 Å². The smallest absolute Gasteiger partial charge is 0.335 e. The molecule has 0 radical (unpaired) electrons. The van der Waals surface area contributed by atoms with Crippen LogP contribution in [0.1, 0.15) is 22.3 Å². The zero-order valence-electron chi connectivity index (χ0n) is 19.3. The molecular weight excluding hydrogens is 486 g/mol. The van der Waals surface area contributed by atoms with Gasteiger partial charge in [0, 0.05) is 12.1 Å². The number of imide groups is 2. The Hall–Kier alpha value is -4.50. The van der Waals surface area contributed by atoms with E-state index in [0.717, 1.165) is 10.5 Å². The fraction of sp³-hybridized carbons (Fsp3) is 0.115. The molecule has 0 unspecified atom stereocenters. The highest BCUT2D eigenvalue weighted by Gasteiger charge is 2.37. The number of hydrogen-bond donors (Lipinski definition) is 1. The van der Waals surface area contributed by atoms with E-state index in [9.17, 15) is 24.5 Å². The van der Waals surface area contributed by atoms with Crippen LogP contribution in [0, 0.1) is 24.0 Å². The third-order valence-electron chi connectivity index (χ3n) is 5.50. The van der Waals surface area contributed by atoms with Crippen LogP contribution in [-0.4, -0.2) is 22.8 Å². The molecule has 1 heterocycles. The average Bonchev–Trinajstić information content (AvgIpc) is 2.82. The van der Waals surface area contributed by atoms with E-state index in [1.807, 2.05) is 13.0 Å². The van der Waals surface area contributed by atoms with Gasteiger partial charge in [0.2, 0.25) is 0 Å². The fourth-order valence-electron chi connectivity index (χ4n) is 3.70. The van der Waals surface area contributed by atoms with Gasteiger partial charge in [-0.15, -0.1) is 0 Å². The minimum absolute atomic E-state index is 0.0201. The summed E-state index contributed by atoms with van der Waals surface area (Å²) in [5.74, 6) is -1.20. The number of barbiturate groups is 1. The molecule has 9 nitrogen and oxygen atoms in total. The van der Waals surface area contributed by atoms with Gasteiger partial charge in [-0.1, -0.05) is 35.4 Å². The Morgan fingerprint density at radius 2 is 1.75 bits per heavy atom. The molecule has 4 amide bonds. The van der Waals surface area contributed by atoms with Crippen molar-refractivity contribution in [1.82, 2.24) is 5.32 Å². The van der Waals surface area contributed by atoms with Gasteiger partial charge in [0.15, 0.2) is 0 Å². The van der Waals surface area contributed by atoms with E-state index in [-0.39, 0.29) is 22.9 Å². The van der Waals surface area contributed by atoms with Crippen LogP contribution in [0.5, 0.6) is 5.75 Å². The van der Waals surface area contributed by atoms with Crippen LogP contribution in [0.3, 0.4) is 0 Å². The van der Waals surface area contributed by atoms with Crippen LogP contribution in [0.2, 0.25) is 5.02 Å². The zero-order valence-corrected chi connectivity index (χ0v) is 20.0. The summed E-state index contributed by atoms with van der Waals surface area (Å²) in [5.41, 5.74) is 3.00. The Bertz CT molecular complexity index is 1430. The van der Waals surface area contributed by atoms with Gasteiger partial charge >= 0.3 is 6.03 Å². The second-order valence-electron chi connectivity index (χ2n) is 8.15. The lowest BCUT2D eigenvalue weighted by Crippen LogP contribution is -2.54. The highest BCUT2D eigenvalue weighted by molar-refractivity contribution is 6.39. The molecule has 0 aliphatic carbocycles. The number of nitrogens with one attached hydrogen (secondary N) is 1. The Labute approximate surface area is 211 Å². The molecule has 0 spiro atoms. The number of carbonyl (C=O) groups is 3. The highest BCUT2D eigenvalue weighted by atomic mass is 35.5. The molecule has 10 heteroatoms. The maximum Gasteiger partial charge on any atom is 0.335 e. The molecule has 1 aliphatic heterocycles. The van der Waals surface area contributed by atoms with Crippen molar-refractivity contribution < 1.29 is 24.0 Å². The van der Waals surface area contributed by atoms with Gasteiger partial charge in [0.25, 0.3) is 17.5 Å². The lowest BCUT2D eigenvalue weighted by molar-refractivity contribution is -0.384. The first kappa shape index (κ1) is 24.6. The van der Waals surface area contributed by atoms with E-state index >= 15 is 0 Å². The summed E-state index contributed by atoms with van der Waals surface area (Å²) in [7, 11) is 0. The summed E-state index contributed by atoms with van der Waals surface area (Å²) in [6.45, 7) is 3.80. The van der Waals surface area contributed by atoms with E-state index < -0.39 is 22.8 Å². The number of non-ortho nitro benzene ring substituents is 1. The maximum absolute atomic E-state index is 13.1. The van der Waals surface area contributed by atoms with Crippen LogP contribution in [-0.2, 0) is 16.2 Å². The third kappa shape index (κ3) is 5.11. The van der Waals surface area contributed by atoms with Crippen molar-refractivity contribution in [2.75, 3.05) is 4.90 Å². The molecule has 1 N–H and O–H groups in total. The monoisotopic (exact) mass is 505 g/mol. The second kappa shape index (κ2) is 10.0. The summed E-state index contributed by atoms with van der Waals surface area (Å²) in [6.07, 6.45) is 1.35. The van der Waals surface area contributed by atoms with Crippen molar-refractivity contribution in [2.24, 2.45) is 0 Å². The lowest BCUT2D eigenvalue weighted by atomic mass is 10.0. The number of rotatable bonds is 6. The average molecular weight is 506 g/mol. The maximum atomic E-state index is 13.1. The molecule has 1 aliphatic rings. The van der Waals surface area contributed by atoms with Crippen LogP contribution in [0.25, 0.3) is 6.08 Å². The van der Waals surface area contributed by atoms with Crippen molar-refractivity contribution in [3.63, 3.8) is 0 Å². The Morgan fingerprint density at radius 3 is 2.39 bits per heavy atom. The van der Waals surface area contributed by atoms with Gasteiger partial charge in [-0.05, 0) is 66.9 Å². The van der Waals surface area contributed by atoms with Crippen LogP contribution >= 0.6 is 11.6 Å². The number of urea groups is 1. The lowest BCUT2D eigenvalue weighted by Gasteiger charge is -2.27. The molecule has 3 aromatic carbocycles. The number of halogens is 1. The molecule has 3 aromatic rings. The quantitative estimate of drug-likeness (QED) is 0.215. The molecule has 36 heavy (non-hydrogen) atoms. The number of nitro benzene ring substituents is 1. The van der Waals surface area contributed by atoms with Crippen molar-refractivity contribution in [3.8, 4) is 5.75 Å². The molecule has 1 saturated heterocycles. The van der Waals surface area contributed by atoms with E-state index in [2.05, 4.69) is 5.32 Å². The molecular formula is C26H20ClN3O6. The van der Waals surface area contributed by atoms with E-state index in [0.29, 0.717) is 28.1 Å². The highest BCUT2D eigenvalue weighted by Crippen LogP contribution is 2.29. The Morgan fingerprint density at radius 1 is 1.03 bits per heavy atom. The van der Waals surface area contributed by atoms with Crippen molar-refractivity contribution in [2.45, 2.75) is 20.5 Å². The Balaban J connectivity index is 1.54. The van der Waals surface area contributed by atoms with Crippen LogP contribution in [0.4, 0.5) is 16.2 Å². The second-order valence-corrected chi connectivity index (χ2v) is 8.56. The standard InChI is InChI=1S/C26H20ClN3O6/c1-15-3-9-22(16(2)11-15)29-25(32)20(24(31)28-26(29)33)12-18-6-10-23(21(27)13-18)36-14-17-4-7-19(8-5-17)30(34)35/h3-13H,14H2,1-2H3,(H,28,31,33)/b20-12+. The molecule has 182 valence electrons. The van der Waals surface area contributed by atoms with Crippen LogP contribution < -0.4 is 15.0 Å². The first-order valence-electron chi connectivity index (χ1n) is 10.8. The van der Waals surface area contributed by atoms with Crippen LogP contribution in [0.15, 0.2) is 66.2 Å². The van der Waals surface area contributed by atoms with Crippen molar-refractivity contribution >= 4 is 46.9 Å². The number of nitrogens with zero attached hydrogens (tertiary/aromatic N) is 2. The number of anilines is 1. The summed E-state index contributed by atoms with van der Waals surface area (Å²) < 4.78 is 5.70. The largest absolute Gasteiger partial charge is 0.487 e. The number of carbonyl (C=O) groups excluding carboxylic acids is 3. The summed E-state index contributed by atoms with van der Waals surface area (Å²) in [4.78, 5) is 49.3. The fourth-order valence-corrected chi connectivity index (χ4v) is 3.94. The van der Waals surface area contributed by atoms with E-state index in [4.69, 9.17) is 16.3 Å². The van der Waals surface area contributed by atoms with Gasteiger partial charge in [-0.25, -0.2) is 9.69 Å². The zero-order chi connectivity index (χ0) is 26.0. The molecule has 0 saturated carbocycles. The van der Waals surface area contributed by atoms with Gasteiger partial charge in [0.05, 0.1) is 15.6 Å². The number of ether oxygens (including phenoxy) is 1. The first-order chi connectivity index (χ1) is 17.1. The van der Waals surface area contributed by atoms with Gasteiger partial charge in [-0.2, -0.15) is 0 Å². The number of nitro groups is 1. The van der Waals surface area contributed by atoms with Crippen molar-refractivity contribution in [3.05, 3.63) is 104 Å². The number of hydrogen-bond acceptors (Lipinski definition) is 6. The summed E-state index contributed by atoms with van der Waals surface area (Å²) >= 11 is 6.34. The minimum atomic E-state index is -0.817. The molecule has 0 bridgehead atoms. The number of aryl methyl sites for hydroxylation is 2. The molecule has 1 fully saturated rings. The predicted octanol–water partition coefficient (Wildman–Crippen LogP) is 5.11. The van der Waals surface area contributed by atoms with Gasteiger partial charge in [-0.3, -0.25) is 25.0 Å². The van der Waals surface area contributed by atoms with E-state index in [1.54, 1.807) is 43.3 Å². The summed E-state index contributed by atoms with van der Waals surface area (Å²) in [5, 5.41) is 13.2.